The summed E-state index contributed by atoms with van der Waals surface area (Å²) in [6.45, 7) is 0.479. The Morgan fingerprint density at radius 2 is 1.90 bits per heavy atom. The maximum absolute atomic E-state index is 5.69. The smallest absolute Gasteiger partial charge is 0.233 e. The first-order valence-electron chi connectivity index (χ1n) is 6.65. The minimum Gasteiger partial charge on any atom is -0.472 e. The van der Waals surface area contributed by atoms with Crippen molar-refractivity contribution in [2.75, 3.05) is 0 Å². The topological polar surface area (TPSA) is 63.7 Å². The Morgan fingerprint density at radius 3 is 2.81 bits per heavy atom. The summed E-state index contributed by atoms with van der Waals surface area (Å²) in [6, 6.07) is 13.9. The van der Waals surface area contributed by atoms with Gasteiger partial charge in [-0.3, -0.25) is 5.10 Å². The van der Waals surface area contributed by atoms with Gasteiger partial charge in [-0.25, -0.2) is 9.97 Å². The van der Waals surface area contributed by atoms with Crippen molar-refractivity contribution in [2.45, 2.75) is 6.61 Å². The van der Waals surface area contributed by atoms with Gasteiger partial charge in [-0.15, -0.1) is 0 Å². The van der Waals surface area contributed by atoms with E-state index in [-0.39, 0.29) is 0 Å². The second-order valence-electron chi connectivity index (χ2n) is 4.78. The molecule has 2 aromatic carbocycles. The number of benzene rings is 2. The molecule has 5 heteroatoms. The zero-order valence-corrected chi connectivity index (χ0v) is 11.2. The van der Waals surface area contributed by atoms with E-state index in [1.165, 1.54) is 0 Å². The molecule has 0 spiro atoms. The maximum Gasteiger partial charge on any atom is 0.233 e. The van der Waals surface area contributed by atoms with E-state index >= 15 is 0 Å². The van der Waals surface area contributed by atoms with E-state index in [9.17, 15) is 0 Å². The Labute approximate surface area is 120 Å². The average Bonchev–Trinajstić information content (AvgIpc) is 2.98. The van der Waals surface area contributed by atoms with Gasteiger partial charge >= 0.3 is 0 Å². The van der Waals surface area contributed by atoms with Crippen molar-refractivity contribution in [2.24, 2.45) is 0 Å². The van der Waals surface area contributed by atoms with Gasteiger partial charge in [0.2, 0.25) is 5.88 Å². The van der Waals surface area contributed by atoms with Crippen LogP contribution < -0.4 is 4.74 Å². The van der Waals surface area contributed by atoms with Crippen molar-refractivity contribution < 1.29 is 4.74 Å². The van der Waals surface area contributed by atoms with Crippen LogP contribution in [0, 0.1) is 0 Å². The number of fused-ring (bicyclic) bond motifs is 2. The third-order valence-corrected chi connectivity index (χ3v) is 3.31. The van der Waals surface area contributed by atoms with Crippen molar-refractivity contribution in [3.8, 4) is 5.88 Å². The minimum atomic E-state index is 0.479. The molecule has 4 rings (SSSR count). The molecule has 0 aliphatic heterocycles. The van der Waals surface area contributed by atoms with Gasteiger partial charge in [0.1, 0.15) is 6.61 Å². The summed E-state index contributed by atoms with van der Waals surface area (Å²) in [6.07, 6.45) is 3.42. The van der Waals surface area contributed by atoms with Crippen LogP contribution in [0.25, 0.3) is 21.9 Å². The molecule has 0 unspecified atom stereocenters. The lowest BCUT2D eigenvalue weighted by Gasteiger charge is -2.06. The highest BCUT2D eigenvalue weighted by atomic mass is 16.5. The molecule has 0 aliphatic rings. The second-order valence-corrected chi connectivity index (χ2v) is 4.78. The summed E-state index contributed by atoms with van der Waals surface area (Å²) in [5, 5.41) is 7.96. The SMILES string of the molecule is c1ccc(COc2cnc3cc4cn[nH]c4cc3n2)cc1. The van der Waals surface area contributed by atoms with Crippen LogP contribution in [0.2, 0.25) is 0 Å². The highest BCUT2D eigenvalue weighted by molar-refractivity contribution is 5.92. The lowest BCUT2D eigenvalue weighted by atomic mass is 10.2. The summed E-state index contributed by atoms with van der Waals surface area (Å²) in [5.74, 6) is 0.519. The predicted molar refractivity (Wildman–Crippen MR) is 80.0 cm³/mol. The number of nitrogens with zero attached hydrogens (tertiary/aromatic N) is 3. The molecular formula is C16H12N4O. The molecule has 21 heavy (non-hydrogen) atoms. The van der Waals surface area contributed by atoms with Crippen molar-refractivity contribution >= 4 is 21.9 Å². The Bertz CT molecular complexity index is 902. The number of hydrogen-bond donors (Lipinski definition) is 1. The maximum atomic E-state index is 5.69. The van der Waals surface area contributed by atoms with Crippen LogP contribution in [0.4, 0.5) is 0 Å². The highest BCUT2D eigenvalue weighted by Gasteiger charge is 2.04. The monoisotopic (exact) mass is 276 g/mol. The van der Waals surface area contributed by atoms with Crippen LogP contribution in [-0.4, -0.2) is 20.2 Å². The summed E-state index contributed by atoms with van der Waals surface area (Å²) in [7, 11) is 0. The van der Waals surface area contributed by atoms with Crippen LogP contribution in [-0.2, 0) is 6.61 Å². The molecule has 1 N–H and O–H groups in total. The molecule has 2 aromatic heterocycles. The fourth-order valence-electron chi connectivity index (χ4n) is 2.23. The number of aromatic nitrogens is 4. The molecule has 0 fully saturated rings. The van der Waals surface area contributed by atoms with E-state index in [1.807, 2.05) is 42.5 Å². The molecule has 0 atom stereocenters. The van der Waals surface area contributed by atoms with E-state index in [1.54, 1.807) is 12.4 Å². The number of aromatic amines is 1. The Kier molecular flexibility index (Phi) is 2.74. The molecule has 102 valence electrons. The first-order valence-corrected chi connectivity index (χ1v) is 6.65. The van der Waals surface area contributed by atoms with Crippen LogP contribution in [0.3, 0.4) is 0 Å². The van der Waals surface area contributed by atoms with E-state index in [0.717, 1.165) is 27.5 Å². The molecular weight excluding hydrogens is 264 g/mol. The normalized spacial score (nSPS) is 11.0. The summed E-state index contributed by atoms with van der Waals surface area (Å²) >= 11 is 0. The molecule has 0 aliphatic carbocycles. The fourth-order valence-corrected chi connectivity index (χ4v) is 2.23. The number of hydrogen-bond acceptors (Lipinski definition) is 4. The number of nitrogens with one attached hydrogen (secondary N) is 1. The second kappa shape index (κ2) is 4.86. The standard InChI is InChI=1S/C16H12N4O/c1-2-4-11(5-3-1)10-21-16-9-17-14-6-12-8-18-20-13(12)7-15(14)19-16/h1-9H,10H2,(H,18,20). The summed E-state index contributed by atoms with van der Waals surface area (Å²) < 4.78 is 5.69. The summed E-state index contributed by atoms with van der Waals surface area (Å²) in [4.78, 5) is 8.88. The lowest BCUT2D eigenvalue weighted by molar-refractivity contribution is 0.294. The molecule has 0 bridgehead atoms. The van der Waals surface area contributed by atoms with Gasteiger partial charge < -0.3 is 4.74 Å². The Hall–Kier alpha value is -2.95. The largest absolute Gasteiger partial charge is 0.472 e. The third kappa shape index (κ3) is 2.29. The Balaban J connectivity index is 1.65. The van der Waals surface area contributed by atoms with E-state index < -0.39 is 0 Å². The molecule has 5 nitrogen and oxygen atoms in total. The van der Waals surface area contributed by atoms with Gasteiger partial charge in [0, 0.05) is 5.39 Å². The summed E-state index contributed by atoms with van der Waals surface area (Å²) in [5.41, 5.74) is 3.66. The van der Waals surface area contributed by atoms with E-state index in [2.05, 4.69) is 20.2 Å². The zero-order valence-electron chi connectivity index (χ0n) is 11.2. The first kappa shape index (κ1) is 11.8. The fraction of sp³-hybridized carbons (Fsp3) is 0.0625. The van der Waals surface area contributed by atoms with Crippen molar-refractivity contribution in [3.63, 3.8) is 0 Å². The van der Waals surface area contributed by atoms with Crippen molar-refractivity contribution in [1.29, 1.82) is 0 Å². The van der Waals surface area contributed by atoms with Gasteiger partial charge in [-0.1, -0.05) is 30.3 Å². The predicted octanol–water partition coefficient (Wildman–Crippen LogP) is 3.09. The van der Waals surface area contributed by atoms with Gasteiger partial charge in [0.05, 0.1) is 28.9 Å². The van der Waals surface area contributed by atoms with E-state index in [4.69, 9.17) is 4.74 Å². The molecule has 0 saturated heterocycles. The number of rotatable bonds is 3. The molecule has 0 saturated carbocycles. The van der Waals surface area contributed by atoms with Crippen LogP contribution in [0.1, 0.15) is 5.56 Å². The van der Waals surface area contributed by atoms with Crippen LogP contribution >= 0.6 is 0 Å². The van der Waals surface area contributed by atoms with Gasteiger partial charge in [-0.05, 0) is 17.7 Å². The highest BCUT2D eigenvalue weighted by Crippen LogP contribution is 2.20. The lowest BCUT2D eigenvalue weighted by Crippen LogP contribution is -1.98. The average molecular weight is 276 g/mol. The van der Waals surface area contributed by atoms with Crippen molar-refractivity contribution in [1.82, 2.24) is 20.2 Å². The van der Waals surface area contributed by atoms with Crippen molar-refractivity contribution in [3.05, 3.63) is 60.4 Å². The molecule has 2 heterocycles. The van der Waals surface area contributed by atoms with Gasteiger partial charge in [0.25, 0.3) is 0 Å². The molecule has 0 radical (unpaired) electrons. The van der Waals surface area contributed by atoms with E-state index in [0.29, 0.717) is 12.5 Å². The number of ether oxygens (including phenoxy) is 1. The first-order chi connectivity index (χ1) is 10.4. The quantitative estimate of drug-likeness (QED) is 0.624. The minimum absolute atomic E-state index is 0.479. The van der Waals surface area contributed by atoms with Gasteiger partial charge in [-0.2, -0.15) is 5.10 Å². The molecule has 0 amide bonds. The van der Waals surface area contributed by atoms with Crippen LogP contribution in [0.15, 0.2) is 54.9 Å². The molecule has 4 aromatic rings. The Morgan fingerprint density at radius 1 is 1.00 bits per heavy atom. The number of H-pyrrole nitrogens is 1. The zero-order chi connectivity index (χ0) is 14.1. The van der Waals surface area contributed by atoms with Crippen LogP contribution in [0.5, 0.6) is 5.88 Å². The third-order valence-electron chi connectivity index (χ3n) is 3.31. The van der Waals surface area contributed by atoms with Gasteiger partial charge in [0.15, 0.2) is 0 Å².